The van der Waals surface area contributed by atoms with Gasteiger partial charge in [0.05, 0.1) is 6.61 Å². The molecule has 2 heterocycles. The van der Waals surface area contributed by atoms with Crippen molar-refractivity contribution in [2.75, 3.05) is 19.7 Å². The Hall–Kier alpha value is -3.34. The Labute approximate surface area is 235 Å². The van der Waals surface area contributed by atoms with Crippen LogP contribution in [0.3, 0.4) is 0 Å². The predicted molar refractivity (Wildman–Crippen MR) is 147 cm³/mol. The Kier molecular flexibility index (Phi) is 10.8. The van der Waals surface area contributed by atoms with Crippen molar-refractivity contribution in [3.8, 4) is 5.75 Å². The number of amides is 2. The summed E-state index contributed by atoms with van der Waals surface area (Å²) in [6.07, 6.45) is 1.56. The van der Waals surface area contributed by atoms with Gasteiger partial charge >= 0.3 is 18.0 Å². The fourth-order valence-electron chi connectivity index (χ4n) is 4.77. The summed E-state index contributed by atoms with van der Waals surface area (Å²) >= 11 is 0. The van der Waals surface area contributed by atoms with Crippen LogP contribution in [0.4, 0.5) is 4.79 Å². The Bertz CT molecular complexity index is 1070. The van der Waals surface area contributed by atoms with Gasteiger partial charge in [-0.05, 0) is 57.6 Å². The molecule has 1 aromatic rings. The number of carboxylic acids is 1. The number of hydrogen-bond donors (Lipinski definition) is 3. The molecule has 0 bridgehead atoms. The molecule has 3 atom stereocenters. The Morgan fingerprint density at radius 3 is 2.58 bits per heavy atom. The first kappa shape index (κ1) is 31.2. The Balaban J connectivity index is 1.42. The van der Waals surface area contributed by atoms with Crippen LogP contribution in [0.1, 0.15) is 71.4 Å². The number of hydrogen-bond acceptors (Lipinski definition) is 8. The quantitative estimate of drug-likeness (QED) is 0.274. The number of unbranched alkanes of at least 4 members (excludes halogenated alkanes) is 1. The third kappa shape index (κ3) is 9.11. The fourth-order valence-corrected chi connectivity index (χ4v) is 4.77. The lowest BCUT2D eigenvalue weighted by Crippen LogP contribution is -2.47. The summed E-state index contributed by atoms with van der Waals surface area (Å²) in [5.74, 6) is -0.853. The summed E-state index contributed by atoms with van der Waals surface area (Å²) in [6, 6.07) is 4.41. The minimum absolute atomic E-state index is 0.0168. The highest BCUT2D eigenvalue weighted by atomic mass is 16.6. The maximum atomic E-state index is 12.9. The van der Waals surface area contributed by atoms with Gasteiger partial charge in [-0.1, -0.05) is 26.0 Å². The monoisotopic (exact) mass is 561 g/mol. The predicted octanol–water partition coefficient (Wildman–Crippen LogP) is 3.03. The van der Waals surface area contributed by atoms with E-state index in [2.05, 4.69) is 10.6 Å². The highest BCUT2D eigenvalue weighted by Gasteiger charge is 2.32. The van der Waals surface area contributed by atoms with Crippen LogP contribution in [0.2, 0.25) is 0 Å². The highest BCUT2D eigenvalue weighted by Crippen LogP contribution is 2.30. The first-order valence-corrected chi connectivity index (χ1v) is 14.0. The molecule has 2 aliphatic rings. The third-order valence-electron chi connectivity index (χ3n) is 6.88. The third-order valence-corrected chi connectivity index (χ3v) is 6.88. The average Bonchev–Trinajstić information content (AvgIpc) is 3.34. The molecular formula is C29H43N3O8. The number of nitrogens with zero attached hydrogens (tertiary/aromatic N) is 1. The number of carbonyl (C=O) groups excluding carboxylic acids is 3. The van der Waals surface area contributed by atoms with Gasteiger partial charge in [0.15, 0.2) is 0 Å². The first-order chi connectivity index (χ1) is 18.8. The van der Waals surface area contributed by atoms with E-state index in [1.165, 1.54) is 0 Å². The molecule has 3 rings (SSSR count). The number of carboxylic acid groups (broad SMARTS) is 1. The Morgan fingerprint density at radius 2 is 1.93 bits per heavy atom. The van der Waals surface area contributed by atoms with Gasteiger partial charge in [0, 0.05) is 38.0 Å². The molecule has 0 aliphatic carbocycles. The standard InChI is InChI=1S/C29H43N3O8/c1-18(2)25(27(36)40-29(3,4)5)31-28(37)38-14-7-6-11-24(33)32-13-12-19-9-8-10-23(21(19)17-32)39-20-15-22(26(34)35)30-16-20/h8-10,18,20,22,25,30H,6-7,11-17H2,1-5H3,(H,31,37)(H,34,35)/t20-,22+,25+/m1/s1. The molecule has 0 radical (unpaired) electrons. The molecule has 40 heavy (non-hydrogen) atoms. The molecule has 11 heteroatoms. The van der Waals surface area contributed by atoms with Gasteiger partial charge in [-0.25, -0.2) is 9.59 Å². The molecule has 3 N–H and O–H groups in total. The zero-order chi connectivity index (χ0) is 29.4. The van der Waals surface area contributed by atoms with E-state index in [0.717, 1.165) is 17.5 Å². The van der Waals surface area contributed by atoms with E-state index in [1.807, 2.05) is 36.9 Å². The number of rotatable bonds is 11. The van der Waals surface area contributed by atoms with E-state index < -0.39 is 35.7 Å². The number of aliphatic carboxylic acids is 1. The fraction of sp³-hybridized carbons (Fsp3) is 0.655. The van der Waals surface area contributed by atoms with E-state index in [0.29, 0.717) is 51.1 Å². The average molecular weight is 562 g/mol. The van der Waals surface area contributed by atoms with Gasteiger partial charge in [-0.3, -0.25) is 9.59 Å². The lowest BCUT2D eigenvalue weighted by atomic mass is 9.98. The van der Waals surface area contributed by atoms with Gasteiger partial charge in [-0.15, -0.1) is 0 Å². The van der Waals surface area contributed by atoms with Gasteiger partial charge in [0.25, 0.3) is 0 Å². The number of fused-ring (bicyclic) bond motifs is 1. The van der Waals surface area contributed by atoms with Crippen molar-refractivity contribution >= 4 is 23.9 Å². The molecule has 1 saturated heterocycles. The first-order valence-electron chi connectivity index (χ1n) is 14.0. The van der Waals surface area contributed by atoms with Gasteiger partial charge < -0.3 is 34.9 Å². The molecule has 0 aromatic heterocycles. The number of alkyl carbamates (subject to hydrolysis) is 1. The van der Waals surface area contributed by atoms with Crippen LogP contribution in [0, 0.1) is 5.92 Å². The minimum atomic E-state index is -0.885. The normalized spacial score (nSPS) is 19.5. The van der Waals surface area contributed by atoms with Crippen molar-refractivity contribution in [1.82, 2.24) is 15.5 Å². The molecule has 0 spiro atoms. The van der Waals surface area contributed by atoms with Crippen molar-refractivity contribution in [1.29, 1.82) is 0 Å². The van der Waals surface area contributed by atoms with Gasteiger partial charge in [0.2, 0.25) is 5.91 Å². The van der Waals surface area contributed by atoms with Crippen LogP contribution < -0.4 is 15.4 Å². The molecular weight excluding hydrogens is 518 g/mol. The highest BCUT2D eigenvalue weighted by molar-refractivity contribution is 5.82. The number of nitrogens with one attached hydrogen (secondary N) is 2. The van der Waals surface area contributed by atoms with E-state index in [4.69, 9.17) is 14.2 Å². The summed E-state index contributed by atoms with van der Waals surface area (Å²) < 4.78 is 16.8. The van der Waals surface area contributed by atoms with Crippen LogP contribution in [0.5, 0.6) is 5.75 Å². The minimum Gasteiger partial charge on any atom is -0.489 e. The summed E-state index contributed by atoms with van der Waals surface area (Å²) in [5, 5.41) is 14.8. The number of benzene rings is 1. The molecule has 1 fully saturated rings. The summed E-state index contributed by atoms with van der Waals surface area (Å²) in [6.45, 7) is 10.6. The molecule has 0 unspecified atom stereocenters. The van der Waals surface area contributed by atoms with Crippen LogP contribution in [-0.2, 0) is 36.8 Å². The number of esters is 1. The molecule has 11 nitrogen and oxygen atoms in total. The van der Waals surface area contributed by atoms with Crippen molar-refractivity contribution in [3.05, 3.63) is 29.3 Å². The second-order valence-corrected chi connectivity index (χ2v) is 11.7. The molecule has 2 amide bonds. The smallest absolute Gasteiger partial charge is 0.407 e. The van der Waals surface area contributed by atoms with Crippen molar-refractivity contribution in [2.45, 2.75) is 97.1 Å². The Morgan fingerprint density at radius 1 is 1.18 bits per heavy atom. The molecule has 0 saturated carbocycles. The summed E-state index contributed by atoms with van der Waals surface area (Å²) in [5.41, 5.74) is 1.44. The maximum absolute atomic E-state index is 12.9. The SMILES string of the molecule is CC(C)[C@H](NC(=O)OCCCCC(=O)N1CCc2cccc(O[C@H]3CN[C@H](C(=O)O)C3)c2C1)C(=O)OC(C)(C)C. The van der Waals surface area contributed by atoms with Crippen LogP contribution >= 0.6 is 0 Å². The van der Waals surface area contributed by atoms with E-state index in [-0.39, 0.29) is 24.5 Å². The van der Waals surface area contributed by atoms with E-state index >= 15 is 0 Å². The van der Waals surface area contributed by atoms with Crippen molar-refractivity contribution in [3.63, 3.8) is 0 Å². The van der Waals surface area contributed by atoms with E-state index in [1.54, 1.807) is 20.8 Å². The number of ether oxygens (including phenoxy) is 3. The molecule has 2 aliphatic heterocycles. The second-order valence-electron chi connectivity index (χ2n) is 11.7. The maximum Gasteiger partial charge on any atom is 0.407 e. The van der Waals surface area contributed by atoms with Gasteiger partial charge in [-0.2, -0.15) is 0 Å². The summed E-state index contributed by atoms with van der Waals surface area (Å²) in [7, 11) is 0. The molecule has 222 valence electrons. The lowest BCUT2D eigenvalue weighted by Gasteiger charge is -2.31. The summed E-state index contributed by atoms with van der Waals surface area (Å²) in [4.78, 5) is 50.6. The van der Waals surface area contributed by atoms with Crippen molar-refractivity contribution < 1.29 is 38.5 Å². The zero-order valence-corrected chi connectivity index (χ0v) is 24.2. The second kappa shape index (κ2) is 13.8. The lowest BCUT2D eigenvalue weighted by molar-refractivity contribution is -0.158. The van der Waals surface area contributed by atoms with E-state index in [9.17, 15) is 24.3 Å². The largest absolute Gasteiger partial charge is 0.489 e. The van der Waals surface area contributed by atoms with Crippen LogP contribution in [0.15, 0.2) is 18.2 Å². The molecule has 1 aromatic carbocycles. The van der Waals surface area contributed by atoms with Crippen molar-refractivity contribution in [2.24, 2.45) is 5.92 Å². The van der Waals surface area contributed by atoms with Crippen LogP contribution in [-0.4, -0.2) is 77.4 Å². The van der Waals surface area contributed by atoms with Crippen LogP contribution in [0.25, 0.3) is 0 Å². The zero-order valence-electron chi connectivity index (χ0n) is 24.2. The topological polar surface area (TPSA) is 144 Å². The van der Waals surface area contributed by atoms with Gasteiger partial charge in [0.1, 0.15) is 29.5 Å². The number of carbonyl (C=O) groups is 4.